The lowest BCUT2D eigenvalue weighted by atomic mass is 9.94. The molecule has 2 rings (SSSR count). The van der Waals surface area contributed by atoms with E-state index in [0.717, 1.165) is 6.07 Å². The summed E-state index contributed by atoms with van der Waals surface area (Å²) >= 11 is 0. The van der Waals surface area contributed by atoms with E-state index in [1.807, 2.05) is 0 Å². The maximum Gasteiger partial charge on any atom is 0.418 e. The number of hydrogen-bond donors (Lipinski definition) is 2. The highest BCUT2D eigenvalue weighted by Gasteiger charge is 2.34. The molecule has 0 saturated carbocycles. The third kappa shape index (κ3) is 3.61. The fourth-order valence-electron chi connectivity index (χ4n) is 2.07. The number of benzene rings is 1. The van der Waals surface area contributed by atoms with E-state index >= 15 is 0 Å². The fourth-order valence-corrected chi connectivity index (χ4v) is 2.07. The van der Waals surface area contributed by atoms with Gasteiger partial charge in [0, 0.05) is 38.3 Å². The van der Waals surface area contributed by atoms with Crippen LogP contribution in [0.1, 0.15) is 18.4 Å². The summed E-state index contributed by atoms with van der Waals surface area (Å²) < 4.78 is 43.5. The smallest absolute Gasteiger partial charge is 0.388 e. The molecule has 0 aromatic heterocycles. The van der Waals surface area contributed by atoms with Crippen molar-refractivity contribution in [3.05, 3.63) is 29.8 Å². The second-order valence-corrected chi connectivity index (χ2v) is 4.73. The van der Waals surface area contributed by atoms with Crippen molar-refractivity contribution in [3.63, 3.8) is 0 Å². The first kappa shape index (κ1) is 14.1. The summed E-state index contributed by atoms with van der Waals surface area (Å²) in [5.41, 5.74) is -1.72. The molecule has 106 valence electrons. The van der Waals surface area contributed by atoms with Gasteiger partial charge in [0.25, 0.3) is 0 Å². The normalized spacial score (nSPS) is 19.2. The molecule has 1 aliphatic rings. The molecule has 0 bridgehead atoms. The Hall–Kier alpha value is -1.27. The first-order chi connectivity index (χ1) is 8.91. The summed E-state index contributed by atoms with van der Waals surface area (Å²) in [4.78, 5) is 0. The second-order valence-electron chi connectivity index (χ2n) is 4.73. The van der Waals surface area contributed by atoms with E-state index in [4.69, 9.17) is 4.74 Å². The summed E-state index contributed by atoms with van der Waals surface area (Å²) in [6, 6.07) is 5.27. The van der Waals surface area contributed by atoms with Gasteiger partial charge in [-0.15, -0.1) is 0 Å². The largest absolute Gasteiger partial charge is 0.418 e. The van der Waals surface area contributed by atoms with Crippen LogP contribution in [0.5, 0.6) is 0 Å². The molecular formula is C13H16F3NO2. The predicted octanol–water partition coefficient (Wildman–Crippen LogP) is 2.66. The maximum absolute atomic E-state index is 12.8. The van der Waals surface area contributed by atoms with Crippen molar-refractivity contribution in [2.45, 2.75) is 24.6 Å². The maximum atomic E-state index is 12.8. The molecule has 1 fully saturated rings. The molecule has 0 atom stereocenters. The number of hydrogen-bond acceptors (Lipinski definition) is 3. The van der Waals surface area contributed by atoms with Crippen molar-refractivity contribution < 1.29 is 23.0 Å². The Morgan fingerprint density at radius 3 is 2.47 bits per heavy atom. The van der Waals surface area contributed by atoms with Gasteiger partial charge in [0.05, 0.1) is 11.2 Å². The van der Waals surface area contributed by atoms with Crippen molar-refractivity contribution in [2.24, 2.45) is 0 Å². The van der Waals surface area contributed by atoms with Crippen LogP contribution in [0.15, 0.2) is 24.3 Å². The predicted molar refractivity (Wildman–Crippen MR) is 64.9 cm³/mol. The van der Waals surface area contributed by atoms with Crippen LogP contribution in [0.3, 0.4) is 0 Å². The van der Waals surface area contributed by atoms with E-state index in [2.05, 4.69) is 5.32 Å². The fraction of sp³-hybridized carbons (Fsp3) is 0.538. The molecule has 1 heterocycles. The molecule has 3 nitrogen and oxygen atoms in total. The van der Waals surface area contributed by atoms with Gasteiger partial charge >= 0.3 is 6.18 Å². The topological polar surface area (TPSA) is 41.5 Å². The zero-order valence-electron chi connectivity index (χ0n) is 10.3. The third-order valence-electron chi connectivity index (χ3n) is 3.26. The number of alkyl halides is 3. The van der Waals surface area contributed by atoms with Gasteiger partial charge in [-0.1, -0.05) is 12.1 Å². The number of para-hydroxylation sites is 1. The van der Waals surface area contributed by atoms with E-state index in [1.165, 1.54) is 18.2 Å². The molecule has 0 spiro atoms. The van der Waals surface area contributed by atoms with Crippen LogP contribution in [0.25, 0.3) is 0 Å². The summed E-state index contributed by atoms with van der Waals surface area (Å²) in [7, 11) is 0. The van der Waals surface area contributed by atoms with E-state index in [0.29, 0.717) is 26.1 Å². The first-order valence-corrected chi connectivity index (χ1v) is 6.11. The third-order valence-corrected chi connectivity index (χ3v) is 3.26. The van der Waals surface area contributed by atoms with Crippen LogP contribution in [0.4, 0.5) is 18.9 Å². The van der Waals surface area contributed by atoms with Crippen LogP contribution < -0.4 is 5.32 Å². The molecule has 19 heavy (non-hydrogen) atoms. The molecule has 0 aliphatic carbocycles. The van der Waals surface area contributed by atoms with Crippen LogP contribution in [-0.4, -0.2) is 30.5 Å². The Labute approximate surface area is 109 Å². The van der Waals surface area contributed by atoms with E-state index < -0.39 is 17.3 Å². The van der Waals surface area contributed by atoms with Gasteiger partial charge in [0.2, 0.25) is 0 Å². The van der Waals surface area contributed by atoms with E-state index in [1.54, 1.807) is 0 Å². The zero-order valence-corrected chi connectivity index (χ0v) is 10.3. The van der Waals surface area contributed by atoms with Crippen molar-refractivity contribution >= 4 is 5.69 Å². The highest BCUT2D eigenvalue weighted by Crippen LogP contribution is 2.35. The van der Waals surface area contributed by atoms with Crippen molar-refractivity contribution in [1.82, 2.24) is 0 Å². The molecular weight excluding hydrogens is 259 g/mol. The Kier molecular flexibility index (Phi) is 4.01. The van der Waals surface area contributed by atoms with Gasteiger partial charge in [-0.2, -0.15) is 13.2 Å². The molecule has 0 radical (unpaired) electrons. The number of anilines is 1. The van der Waals surface area contributed by atoms with Crippen LogP contribution in [-0.2, 0) is 10.9 Å². The van der Waals surface area contributed by atoms with Crippen molar-refractivity contribution in [3.8, 4) is 0 Å². The minimum atomic E-state index is -4.40. The van der Waals surface area contributed by atoms with Gasteiger partial charge in [0.15, 0.2) is 0 Å². The van der Waals surface area contributed by atoms with Crippen LogP contribution >= 0.6 is 0 Å². The minimum Gasteiger partial charge on any atom is -0.388 e. The molecule has 0 unspecified atom stereocenters. The molecule has 1 aliphatic heterocycles. The standard InChI is InChI=1S/C13H16F3NO2/c14-13(15,16)10-3-1-2-4-11(10)17-9-12(18)5-7-19-8-6-12/h1-4,17-18H,5-9H2. The quantitative estimate of drug-likeness (QED) is 0.891. The first-order valence-electron chi connectivity index (χ1n) is 6.11. The lowest BCUT2D eigenvalue weighted by Crippen LogP contribution is -2.42. The average molecular weight is 275 g/mol. The number of aliphatic hydroxyl groups is 1. The number of halogens is 3. The van der Waals surface area contributed by atoms with Crippen molar-refractivity contribution in [1.29, 1.82) is 0 Å². The molecule has 1 aromatic rings. The van der Waals surface area contributed by atoms with Gasteiger partial charge in [-0.05, 0) is 12.1 Å². The lowest BCUT2D eigenvalue weighted by Gasteiger charge is -2.32. The minimum absolute atomic E-state index is 0.00471. The average Bonchev–Trinajstić information content (AvgIpc) is 2.37. The molecule has 2 N–H and O–H groups in total. The van der Waals surface area contributed by atoms with Gasteiger partial charge in [0.1, 0.15) is 0 Å². The zero-order chi connectivity index (χ0) is 13.9. The Morgan fingerprint density at radius 2 is 1.84 bits per heavy atom. The van der Waals surface area contributed by atoms with Crippen LogP contribution in [0, 0.1) is 0 Å². The molecule has 0 amide bonds. The van der Waals surface area contributed by atoms with E-state index in [9.17, 15) is 18.3 Å². The Balaban J connectivity index is 2.07. The molecule has 1 aromatic carbocycles. The molecule has 1 saturated heterocycles. The number of rotatable bonds is 3. The SMILES string of the molecule is OC1(CNc2ccccc2C(F)(F)F)CCOCC1. The summed E-state index contributed by atoms with van der Waals surface area (Å²) in [5.74, 6) is 0. The van der Waals surface area contributed by atoms with Gasteiger partial charge in [-0.3, -0.25) is 0 Å². The Morgan fingerprint density at radius 1 is 1.21 bits per heavy atom. The highest BCUT2D eigenvalue weighted by atomic mass is 19.4. The lowest BCUT2D eigenvalue weighted by molar-refractivity contribution is -0.137. The summed E-state index contributed by atoms with van der Waals surface area (Å²) in [6.07, 6.45) is -3.55. The summed E-state index contributed by atoms with van der Waals surface area (Å²) in [6.45, 7) is 0.946. The van der Waals surface area contributed by atoms with Gasteiger partial charge in [-0.25, -0.2) is 0 Å². The van der Waals surface area contributed by atoms with E-state index in [-0.39, 0.29) is 12.2 Å². The monoisotopic (exact) mass is 275 g/mol. The highest BCUT2D eigenvalue weighted by molar-refractivity contribution is 5.52. The Bertz CT molecular complexity index is 428. The van der Waals surface area contributed by atoms with Gasteiger partial charge < -0.3 is 15.2 Å². The molecule has 6 heteroatoms. The summed E-state index contributed by atoms with van der Waals surface area (Å²) in [5, 5.41) is 12.9. The number of ether oxygens (including phenoxy) is 1. The van der Waals surface area contributed by atoms with Crippen LogP contribution in [0.2, 0.25) is 0 Å². The number of nitrogens with one attached hydrogen (secondary N) is 1. The van der Waals surface area contributed by atoms with Crippen molar-refractivity contribution in [2.75, 3.05) is 25.1 Å². The second kappa shape index (κ2) is 5.38.